The molecule has 0 saturated heterocycles. The predicted octanol–water partition coefficient (Wildman–Crippen LogP) is 26.2. The number of esters is 4. The monoisotopic (exact) mass is 1540 g/mol. The lowest BCUT2D eigenvalue weighted by Gasteiger charge is -2.21. The van der Waals surface area contributed by atoms with Gasteiger partial charge in [0, 0.05) is 25.7 Å². The summed E-state index contributed by atoms with van der Waals surface area (Å²) in [6.07, 6.45) is 69.4. The second kappa shape index (κ2) is 77.4. The van der Waals surface area contributed by atoms with Crippen molar-refractivity contribution in [2.75, 3.05) is 39.6 Å². The van der Waals surface area contributed by atoms with Crippen LogP contribution in [0.4, 0.5) is 0 Å². The van der Waals surface area contributed by atoms with Crippen molar-refractivity contribution in [1.29, 1.82) is 0 Å². The van der Waals surface area contributed by atoms with E-state index in [1.54, 1.807) is 0 Å². The summed E-state index contributed by atoms with van der Waals surface area (Å²) in [7, 11) is -9.93. The van der Waals surface area contributed by atoms with E-state index in [9.17, 15) is 43.2 Å². The zero-order chi connectivity index (χ0) is 77.1. The lowest BCUT2D eigenvalue weighted by molar-refractivity contribution is -0.161. The molecule has 0 heterocycles. The molecule has 0 aliphatic rings. The highest BCUT2D eigenvalue weighted by atomic mass is 31.2. The molecule has 0 aromatic carbocycles. The van der Waals surface area contributed by atoms with Crippen molar-refractivity contribution in [3.05, 3.63) is 0 Å². The van der Waals surface area contributed by atoms with Crippen LogP contribution in [0.3, 0.4) is 0 Å². The number of aliphatic hydroxyl groups is 1. The van der Waals surface area contributed by atoms with E-state index in [1.807, 2.05) is 0 Å². The Bertz CT molecular complexity index is 2010. The molecule has 19 heteroatoms. The van der Waals surface area contributed by atoms with Crippen molar-refractivity contribution in [3.8, 4) is 0 Å². The quantitative estimate of drug-likeness (QED) is 0.0222. The Kier molecular flexibility index (Phi) is 76.0. The minimum atomic E-state index is -4.97. The van der Waals surface area contributed by atoms with Gasteiger partial charge in [-0.3, -0.25) is 37.3 Å². The molecule has 0 radical (unpaired) electrons. The van der Waals surface area contributed by atoms with Gasteiger partial charge < -0.3 is 33.8 Å². The molecular formula is C86H168O17P2. The van der Waals surface area contributed by atoms with E-state index < -0.39 is 97.5 Å². The summed E-state index contributed by atoms with van der Waals surface area (Å²) < 4.78 is 68.9. The summed E-state index contributed by atoms with van der Waals surface area (Å²) >= 11 is 0. The highest BCUT2D eigenvalue weighted by molar-refractivity contribution is 7.47. The van der Waals surface area contributed by atoms with Gasteiger partial charge in [0.25, 0.3) is 0 Å². The van der Waals surface area contributed by atoms with Crippen LogP contribution < -0.4 is 0 Å². The van der Waals surface area contributed by atoms with Crippen LogP contribution in [0.25, 0.3) is 0 Å². The first kappa shape index (κ1) is 103. The summed E-state index contributed by atoms with van der Waals surface area (Å²) in [4.78, 5) is 73.2. The SMILES string of the molecule is CCCCCCCCCCCCCCCCCCCCCCCC(=O)O[C@H](COC(=O)CCCCCCCCCCCCCCCCCCCC)COP(=O)(O)OC[C@@H](O)COP(=O)(O)OC[C@@H](COC(=O)CCCCCCCCCCCC(C)C)OC(=O)CCCCCCCCCCCCC(C)CC. The first-order valence-corrected chi connectivity index (χ1v) is 47.5. The fourth-order valence-electron chi connectivity index (χ4n) is 13.4. The lowest BCUT2D eigenvalue weighted by Crippen LogP contribution is -2.30. The number of unbranched alkanes of at least 4 members (excludes halogenated alkanes) is 54. The normalized spacial score (nSPS) is 14.1. The van der Waals surface area contributed by atoms with Gasteiger partial charge in [-0.25, -0.2) is 9.13 Å². The average molecular weight is 1540 g/mol. The van der Waals surface area contributed by atoms with Gasteiger partial charge >= 0.3 is 39.5 Å². The molecule has 0 bridgehead atoms. The molecule has 17 nitrogen and oxygen atoms in total. The molecule has 0 spiro atoms. The summed E-state index contributed by atoms with van der Waals surface area (Å²) in [6.45, 7) is 9.67. The highest BCUT2D eigenvalue weighted by Gasteiger charge is 2.30. The Hall–Kier alpha value is -1.94. The molecule has 3 unspecified atom stereocenters. The van der Waals surface area contributed by atoms with Crippen LogP contribution in [0.1, 0.15) is 459 Å². The number of carbonyl (C=O) groups is 4. The maximum atomic E-state index is 13.2. The molecule has 0 aromatic rings. The Labute approximate surface area is 645 Å². The standard InChI is InChI=1S/C86H168O17P2/c1-7-10-12-14-16-18-20-22-24-26-28-29-30-32-34-36-38-45-52-58-64-70-85(90)102-81(74-96-83(88)68-62-56-50-44-37-35-33-31-27-25-23-21-19-17-15-13-11-8-2)76-100-104(92,93)98-72-80(87)73-99-105(94,95)101-77-82(75-97-84(89)69-63-57-51-47-41-42-48-54-60-66-78(4)5)103-86(91)71-65-59-53-46-40-39-43-49-55-61-67-79(6)9-3/h78-82,87H,7-77H2,1-6H3,(H,92,93)(H,94,95)/t79?,80-,81-,82-/m1/s1. The third-order valence-corrected chi connectivity index (χ3v) is 22.5. The number of aliphatic hydroxyl groups excluding tert-OH is 1. The Morgan fingerprint density at radius 2 is 0.486 bits per heavy atom. The Morgan fingerprint density at radius 3 is 0.724 bits per heavy atom. The van der Waals surface area contributed by atoms with Gasteiger partial charge in [0.05, 0.1) is 26.4 Å². The van der Waals surface area contributed by atoms with Gasteiger partial charge in [0.2, 0.25) is 0 Å². The summed E-state index contributed by atoms with van der Waals surface area (Å²) in [6, 6.07) is 0. The molecule has 3 N–H and O–H groups in total. The molecule has 0 fully saturated rings. The van der Waals surface area contributed by atoms with E-state index in [1.165, 1.54) is 276 Å². The lowest BCUT2D eigenvalue weighted by atomic mass is 9.99. The van der Waals surface area contributed by atoms with Crippen LogP contribution in [0.5, 0.6) is 0 Å². The van der Waals surface area contributed by atoms with Crippen molar-refractivity contribution in [2.24, 2.45) is 11.8 Å². The highest BCUT2D eigenvalue weighted by Crippen LogP contribution is 2.45. The number of phosphoric acid groups is 2. The maximum absolute atomic E-state index is 13.2. The fourth-order valence-corrected chi connectivity index (χ4v) is 15.0. The van der Waals surface area contributed by atoms with Gasteiger partial charge in [-0.15, -0.1) is 0 Å². The number of hydrogen-bond acceptors (Lipinski definition) is 15. The first-order chi connectivity index (χ1) is 50.9. The van der Waals surface area contributed by atoms with E-state index in [0.717, 1.165) is 102 Å². The van der Waals surface area contributed by atoms with Gasteiger partial charge in [-0.05, 0) is 37.5 Å². The molecule has 0 amide bonds. The molecule has 0 saturated carbocycles. The summed E-state index contributed by atoms with van der Waals surface area (Å²) in [5.41, 5.74) is 0. The molecule has 0 aliphatic heterocycles. The molecule has 6 atom stereocenters. The van der Waals surface area contributed by atoms with Crippen molar-refractivity contribution < 1.29 is 80.2 Å². The van der Waals surface area contributed by atoms with E-state index in [-0.39, 0.29) is 25.7 Å². The molecule has 105 heavy (non-hydrogen) atoms. The van der Waals surface area contributed by atoms with Crippen molar-refractivity contribution in [1.82, 2.24) is 0 Å². The van der Waals surface area contributed by atoms with E-state index in [4.69, 9.17) is 37.0 Å². The minimum absolute atomic E-state index is 0.106. The second-order valence-corrected chi connectivity index (χ2v) is 34.6. The van der Waals surface area contributed by atoms with Crippen molar-refractivity contribution in [2.45, 2.75) is 477 Å². The minimum Gasteiger partial charge on any atom is -0.462 e. The predicted molar refractivity (Wildman–Crippen MR) is 432 cm³/mol. The number of hydrogen-bond donors (Lipinski definition) is 3. The van der Waals surface area contributed by atoms with E-state index in [0.29, 0.717) is 25.7 Å². The second-order valence-electron chi connectivity index (χ2n) is 31.6. The van der Waals surface area contributed by atoms with Crippen LogP contribution in [0.15, 0.2) is 0 Å². The van der Waals surface area contributed by atoms with Crippen molar-refractivity contribution >= 4 is 39.5 Å². The smallest absolute Gasteiger partial charge is 0.462 e. The van der Waals surface area contributed by atoms with Crippen LogP contribution >= 0.6 is 15.6 Å². The van der Waals surface area contributed by atoms with Gasteiger partial charge in [-0.1, -0.05) is 408 Å². The average Bonchev–Trinajstić information content (AvgIpc) is 0.973. The van der Waals surface area contributed by atoms with Gasteiger partial charge in [0.15, 0.2) is 12.2 Å². The third kappa shape index (κ3) is 78.5. The number of carbonyl (C=O) groups excluding carboxylic acids is 4. The number of phosphoric ester groups is 2. The van der Waals surface area contributed by atoms with Gasteiger partial charge in [-0.2, -0.15) is 0 Å². The number of ether oxygens (including phenoxy) is 4. The first-order valence-electron chi connectivity index (χ1n) is 44.5. The topological polar surface area (TPSA) is 237 Å². The maximum Gasteiger partial charge on any atom is 0.472 e. The largest absolute Gasteiger partial charge is 0.472 e. The van der Waals surface area contributed by atoms with Crippen LogP contribution in [-0.2, 0) is 65.4 Å². The van der Waals surface area contributed by atoms with E-state index >= 15 is 0 Å². The van der Waals surface area contributed by atoms with Crippen LogP contribution in [0.2, 0.25) is 0 Å². The summed E-state index contributed by atoms with van der Waals surface area (Å²) in [5, 5.41) is 10.7. The zero-order valence-electron chi connectivity index (χ0n) is 69.0. The summed E-state index contributed by atoms with van der Waals surface area (Å²) in [5.74, 6) is -0.556. The molecule has 0 aliphatic carbocycles. The van der Waals surface area contributed by atoms with Crippen LogP contribution in [0, 0.1) is 11.8 Å². The molecule has 0 aromatic heterocycles. The Morgan fingerprint density at radius 1 is 0.276 bits per heavy atom. The van der Waals surface area contributed by atoms with Crippen LogP contribution in [-0.4, -0.2) is 96.7 Å². The molecular weight excluding hydrogens is 1370 g/mol. The third-order valence-electron chi connectivity index (χ3n) is 20.6. The Balaban J connectivity index is 5.25. The van der Waals surface area contributed by atoms with Crippen molar-refractivity contribution in [3.63, 3.8) is 0 Å². The molecule has 0 rings (SSSR count). The zero-order valence-corrected chi connectivity index (χ0v) is 70.8. The number of rotatable bonds is 85. The van der Waals surface area contributed by atoms with E-state index in [2.05, 4.69) is 41.5 Å². The van der Waals surface area contributed by atoms with Gasteiger partial charge in [0.1, 0.15) is 19.3 Å². The molecule has 624 valence electrons. The fraction of sp³-hybridized carbons (Fsp3) is 0.953.